The van der Waals surface area contributed by atoms with Crippen molar-refractivity contribution in [2.45, 2.75) is 20.3 Å². The van der Waals surface area contributed by atoms with Crippen molar-refractivity contribution in [2.24, 2.45) is 0 Å². The van der Waals surface area contributed by atoms with E-state index in [4.69, 9.17) is 0 Å². The zero-order chi connectivity index (χ0) is 13.1. The molecule has 0 aliphatic carbocycles. The lowest BCUT2D eigenvalue weighted by atomic mass is 10.1. The van der Waals surface area contributed by atoms with Crippen LogP contribution in [0.2, 0.25) is 0 Å². The van der Waals surface area contributed by atoms with E-state index in [-0.39, 0.29) is 17.0 Å². The minimum absolute atomic E-state index is 0.0866. The zero-order valence-electron chi connectivity index (χ0n) is 9.66. The minimum atomic E-state index is -3.55. The van der Waals surface area contributed by atoms with Crippen LogP contribution in [0.25, 0.3) is 0 Å². The highest BCUT2D eigenvalue weighted by molar-refractivity contribution is 7.92. The van der Waals surface area contributed by atoms with Crippen LogP contribution in [0.5, 0.6) is 0 Å². The van der Waals surface area contributed by atoms with Gasteiger partial charge in [-0.3, -0.25) is 9.52 Å². The van der Waals surface area contributed by atoms with Crippen molar-refractivity contribution < 1.29 is 17.6 Å². The van der Waals surface area contributed by atoms with Gasteiger partial charge < -0.3 is 0 Å². The molecule has 0 saturated heterocycles. The average molecular weight is 259 g/mol. The SMILES string of the molecule is CCCS(=O)(=O)Nc1cccc(C(C)=O)c1F. The minimum Gasteiger partial charge on any atom is -0.294 e. The van der Waals surface area contributed by atoms with Gasteiger partial charge in [-0.1, -0.05) is 13.0 Å². The number of Topliss-reactive ketones (excluding diaryl/α,β-unsaturated/α-hetero) is 1. The molecule has 94 valence electrons. The van der Waals surface area contributed by atoms with E-state index in [1.807, 2.05) is 0 Å². The summed E-state index contributed by atoms with van der Waals surface area (Å²) in [6.07, 6.45) is 0.434. The van der Waals surface area contributed by atoms with Gasteiger partial charge in [-0.25, -0.2) is 12.8 Å². The lowest BCUT2D eigenvalue weighted by molar-refractivity contribution is 0.101. The first-order valence-electron chi connectivity index (χ1n) is 5.17. The van der Waals surface area contributed by atoms with Crippen LogP contribution in [0.3, 0.4) is 0 Å². The molecule has 1 aromatic carbocycles. The van der Waals surface area contributed by atoms with Crippen molar-refractivity contribution in [3.8, 4) is 0 Å². The summed E-state index contributed by atoms with van der Waals surface area (Å²) in [5, 5.41) is 0. The van der Waals surface area contributed by atoms with Crippen LogP contribution < -0.4 is 4.72 Å². The summed E-state index contributed by atoms with van der Waals surface area (Å²) in [6.45, 7) is 2.93. The van der Waals surface area contributed by atoms with Crippen molar-refractivity contribution in [3.63, 3.8) is 0 Å². The van der Waals surface area contributed by atoms with Crippen molar-refractivity contribution >= 4 is 21.5 Å². The van der Waals surface area contributed by atoms with Gasteiger partial charge >= 0.3 is 0 Å². The van der Waals surface area contributed by atoms with E-state index in [9.17, 15) is 17.6 Å². The second-order valence-electron chi connectivity index (χ2n) is 3.64. The first-order chi connectivity index (χ1) is 7.87. The van der Waals surface area contributed by atoms with Gasteiger partial charge in [0.05, 0.1) is 17.0 Å². The molecule has 0 spiro atoms. The van der Waals surface area contributed by atoms with E-state index < -0.39 is 21.6 Å². The molecule has 0 radical (unpaired) electrons. The fourth-order valence-corrected chi connectivity index (χ4v) is 2.50. The number of hydrogen-bond donors (Lipinski definition) is 1. The largest absolute Gasteiger partial charge is 0.294 e. The molecule has 0 unspecified atom stereocenters. The molecule has 6 heteroatoms. The number of rotatable bonds is 5. The summed E-state index contributed by atoms with van der Waals surface area (Å²) < 4.78 is 38.8. The highest BCUT2D eigenvalue weighted by Gasteiger charge is 2.15. The van der Waals surface area contributed by atoms with Gasteiger partial charge in [0.15, 0.2) is 11.6 Å². The van der Waals surface area contributed by atoms with Crippen LogP contribution in [-0.4, -0.2) is 20.0 Å². The van der Waals surface area contributed by atoms with Crippen molar-refractivity contribution in [2.75, 3.05) is 10.5 Å². The predicted molar refractivity (Wildman–Crippen MR) is 64.1 cm³/mol. The normalized spacial score (nSPS) is 11.2. The van der Waals surface area contributed by atoms with Gasteiger partial charge in [-0.15, -0.1) is 0 Å². The molecule has 0 aliphatic rings. The molecule has 0 amide bonds. The van der Waals surface area contributed by atoms with Crippen LogP contribution in [-0.2, 0) is 10.0 Å². The smallest absolute Gasteiger partial charge is 0.232 e. The van der Waals surface area contributed by atoms with Gasteiger partial charge in [0, 0.05) is 0 Å². The van der Waals surface area contributed by atoms with E-state index in [0.717, 1.165) is 0 Å². The fraction of sp³-hybridized carbons (Fsp3) is 0.364. The molecule has 0 heterocycles. The first kappa shape index (κ1) is 13.6. The predicted octanol–water partition coefficient (Wildman–Crippen LogP) is 2.18. The summed E-state index contributed by atoms with van der Waals surface area (Å²) >= 11 is 0. The second kappa shape index (κ2) is 5.27. The molecule has 0 aromatic heterocycles. The Labute approximate surface area is 99.9 Å². The maximum absolute atomic E-state index is 13.7. The van der Waals surface area contributed by atoms with E-state index >= 15 is 0 Å². The lowest BCUT2D eigenvalue weighted by Gasteiger charge is -2.09. The van der Waals surface area contributed by atoms with Crippen molar-refractivity contribution in [1.82, 2.24) is 0 Å². The molecule has 1 rings (SSSR count). The standard InChI is InChI=1S/C11H14FNO3S/c1-3-7-17(15,16)13-10-6-4-5-9(8(2)14)11(10)12/h4-6,13H,3,7H2,1-2H3. The number of anilines is 1. The number of benzene rings is 1. The summed E-state index contributed by atoms with van der Waals surface area (Å²) in [5.74, 6) is -1.37. The first-order valence-corrected chi connectivity index (χ1v) is 6.82. The van der Waals surface area contributed by atoms with Crippen molar-refractivity contribution in [3.05, 3.63) is 29.6 Å². The molecule has 0 saturated carbocycles. The van der Waals surface area contributed by atoms with Crippen LogP contribution >= 0.6 is 0 Å². The molecule has 4 nitrogen and oxygen atoms in total. The maximum Gasteiger partial charge on any atom is 0.232 e. The number of ketones is 1. The molecule has 0 fully saturated rings. The monoisotopic (exact) mass is 259 g/mol. The molecule has 1 aromatic rings. The molecule has 17 heavy (non-hydrogen) atoms. The zero-order valence-corrected chi connectivity index (χ0v) is 10.5. The van der Waals surface area contributed by atoms with Crippen LogP contribution in [0.1, 0.15) is 30.6 Å². The van der Waals surface area contributed by atoms with Gasteiger partial charge in [0.25, 0.3) is 0 Å². The molecule has 1 N–H and O–H groups in total. The molecule has 0 bridgehead atoms. The third-order valence-electron chi connectivity index (χ3n) is 2.12. The highest BCUT2D eigenvalue weighted by atomic mass is 32.2. The Morgan fingerprint density at radius 2 is 2.06 bits per heavy atom. The Hall–Kier alpha value is -1.43. The fourth-order valence-electron chi connectivity index (χ4n) is 1.37. The summed E-state index contributed by atoms with van der Waals surface area (Å²) in [7, 11) is -3.55. The van der Waals surface area contributed by atoms with Crippen LogP contribution in [0.15, 0.2) is 18.2 Å². The Bertz CT molecular complexity index is 526. The van der Waals surface area contributed by atoms with E-state index in [0.29, 0.717) is 6.42 Å². The summed E-state index contributed by atoms with van der Waals surface area (Å²) in [5.41, 5.74) is -0.312. The Balaban J connectivity index is 3.09. The molecular formula is C11H14FNO3S. The third-order valence-corrected chi connectivity index (χ3v) is 3.59. The lowest BCUT2D eigenvalue weighted by Crippen LogP contribution is -2.17. The number of sulfonamides is 1. The Kier molecular flexibility index (Phi) is 4.22. The number of hydrogen-bond acceptors (Lipinski definition) is 3. The molecule has 0 atom stereocenters. The van der Waals surface area contributed by atoms with Crippen LogP contribution in [0, 0.1) is 5.82 Å². The van der Waals surface area contributed by atoms with E-state index in [2.05, 4.69) is 4.72 Å². The maximum atomic E-state index is 13.7. The van der Waals surface area contributed by atoms with E-state index in [1.54, 1.807) is 6.92 Å². The summed E-state index contributed by atoms with van der Waals surface area (Å²) in [4.78, 5) is 11.1. The van der Waals surface area contributed by atoms with Gasteiger partial charge in [0.2, 0.25) is 10.0 Å². The highest BCUT2D eigenvalue weighted by Crippen LogP contribution is 2.19. The Morgan fingerprint density at radius 1 is 1.41 bits per heavy atom. The number of carbonyl (C=O) groups excluding carboxylic acids is 1. The molecular weight excluding hydrogens is 245 g/mol. The quantitative estimate of drug-likeness (QED) is 0.824. The van der Waals surface area contributed by atoms with Gasteiger partial charge in [-0.2, -0.15) is 0 Å². The topological polar surface area (TPSA) is 63.2 Å². The van der Waals surface area contributed by atoms with Gasteiger partial charge in [-0.05, 0) is 25.5 Å². The second-order valence-corrected chi connectivity index (χ2v) is 5.49. The number of halogens is 1. The number of carbonyl (C=O) groups is 1. The van der Waals surface area contributed by atoms with E-state index in [1.165, 1.54) is 25.1 Å². The van der Waals surface area contributed by atoms with Crippen LogP contribution in [0.4, 0.5) is 10.1 Å². The van der Waals surface area contributed by atoms with Crippen molar-refractivity contribution in [1.29, 1.82) is 0 Å². The summed E-state index contributed by atoms with van der Waals surface area (Å²) in [6, 6.07) is 4.04. The third kappa shape index (κ3) is 3.52. The Morgan fingerprint density at radius 3 is 2.59 bits per heavy atom. The van der Waals surface area contributed by atoms with Gasteiger partial charge in [0.1, 0.15) is 0 Å². The number of nitrogens with one attached hydrogen (secondary N) is 1. The molecule has 0 aliphatic heterocycles. The average Bonchev–Trinajstić information content (AvgIpc) is 2.20.